The number of carbonyl (C=O) groups is 1. The van der Waals surface area contributed by atoms with E-state index < -0.39 is 58.0 Å². The average molecular weight is 401 g/mol. The first-order valence-electron chi connectivity index (χ1n) is 7.60. The molecule has 0 spiro atoms. The fourth-order valence-electron chi connectivity index (χ4n) is 2.05. The van der Waals surface area contributed by atoms with E-state index in [0.717, 1.165) is 12.1 Å². The molecule has 148 valence electrons. The summed E-state index contributed by atoms with van der Waals surface area (Å²) >= 11 is -2.49. The number of hydrogen-bond acceptors (Lipinski definition) is 4. The van der Waals surface area contributed by atoms with Crippen molar-refractivity contribution in [2.24, 2.45) is 0 Å². The Morgan fingerprint density at radius 3 is 2.23 bits per heavy atom. The van der Waals surface area contributed by atoms with Crippen molar-refractivity contribution in [3.63, 3.8) is 0 Å². The van der Waals surface area contributed by atoms with Gasteiger partial charge in [0.2, 0.25) is 5.54 Å². The Bertz CT molecular complexity index is 639. The lowest BCUT2D eigenvalue weighted by Gasteiger charge is -2.40. The molecular weight excluding hydrogens is 381 g/mol. The van der Waals surface area contributed by atoms with Crippen LogP contribution in [0.1, 0.15) is 33.3 Å². The number of ether oxygens (including phenoxy) is 1. The van der Waals surface area contributed by atoms with E-state index in [-0.39, 0.29) is 0 Å². The molecule has 4 nitrogen and oxygen atoms in total. The molecule has 0 heterocycles. The van der Waals surface area contributed by atoms with Gasteiger partial charge in [-0.15, -0.1) is 4.72 Å². The van der Waals surface area contributed by atoms with Gasteiger partial charge in [-0.3, -0.25) is 0 Å². The van der Waals surface area contributed by atoms with Crippen molar-refractivity contribution in [3.8, 4) is 0 Å². The van der Waals surface area contributed by atoms with Gasteiger partial charge in [-0.05, 0) is 33.8 Å². The summed E-state index contributed by atoms with van der Waals surface area (Å²) in [6.45, 7) is 4.73. The number of nitrogens with one attached hydrogen (secondary N) is 1. The Kier molecular flexibility index (Phi) is 7.05. The van der Waals surface area contributed by atoms with Gasteiger partial charge in [0.05, 0.1) is 6.61 Å². The second kappa shape index (κ2) is 8.10. The van der Waals surface area contributed by atoms with Crippen molar-refractivity contribution in [1.82, 2.24) is 4.72 Å². The minimum atomic E-state index is -4.92. The summed E-state index contributed by atoms with van der Waals surface area (Å²) in [5.74, 6) is -8.60. The maximum absolute atomic E-state index is 14.9. The highest BCUT2D eigenvalue weighted by Gasteiger charge is 2.70. The number of esters is 1. The van der Waals surface area contributed by atoms with Crippen molar-refractivity contribution in [2.75, 3.05) is 6.61 Å². The number of hydrogen-bond donors (Lipinski definition) is 1. The molecule has 0 aliphatic heterocycles. The van der Waals surface area contributed by atoms with Crippen LogP contribution in [0.25, 0.3) is 0 Å². The lowest BCUT2D eigenvalue weighted by Crippen LogP contribution is -2.67. The van der Waals surface area contributed by atoms with Gasteiger partial charge in [0, 0.05) is 16.9 Å². The fourth-order valence-corrected chi connectivity index (χ4v) is 2.98. The second-order valence-corrected chi connectivity index (χ2v) is 8.33. The molecular formula is C16H20F5NO3S. The minimum absolute atomic E-state index is 0.507. The molecule has 0 saturated heterocycles. The number of carbonyl (C=O) groups excluding carboxylic acids is 1. The van der Waals surface area contributed by atoms with Crippen LogP contribution in [-0.2, 0) is 26.4 Å². The van der Waals surface area contributed by atoms with Crippen LogP contribution in [0.3, 0.4) is 0 Å². The standard InChI is InChI=1S/C16H20F5NO3S/c1-5-25-13(23)16(20,21)15(12(18)19,22-26(24)14(2,3)4)10-8-6-7-9-11(10)17/h6-9,12,22H,5H2,1-4H3. The fraction of sp³-hybridized carbons (Fsp3) is 0.562. The zero-order chi connectivity index (χ0) is 20.3. The summed E-state index contributed by atoms with van der Waals surface area (Å²) < 4.78 is 88.9. The van der Waals surface area contributed by atoms with Crippen molar-refractivity contribution in [2.45, 2.75) is 50.3 Å². The highest BCUT2D eigenvalue weighted by Crippen LogP contribution is 2.45. The molecule has 0 aromatic heterocycles. The van der Waals surface area contributed by atoms with E-state index in [1.54, 1.807) is 4.72 Å². The molecule has 1 rings (SSSR count). The Morgan fingerprint density at radius 1 is 1.27 bits per heavy atom. The van der Waals surface area contributed by atoms with Crippen LogP contribution < -0.4 is 4.72 Å². The summed E-state index contributed by atoms with van der Waals surface area (Å²) in [6.07, 6.45) is -4.00. The molecule has 0 aliphatic carbocycles. The number of halogens is 5. The monoisotopic (exact) mass is 401 g/mol. The van der Waals surface area contributed by atoms with Crippen LogP contribution in [0.5, 0.6) is 0 Å². The first kappa shape index (κ1) is 22.7. The van der Waals surface area contributed by atoms with Gasteiger partial charge in [-0.1, -0.05) is 18.2 Å². The molecule has 2 atom stereocenters. The Hall–Kier alpha value is -1.39. The summed E-state index contributed by atoms with van der Waals surface area (Å²) in [5.41, 5.74) is -5.08. The Morgan fingerprint density at radius 2 is 1.81 bits per heavy atom. The van der Waals surface area contributed by atoms with Gasteiger partial charge >= 0.3 is 11.9 Å². The molecule has 0 amide bonds. The molecule has 26 heavy (non-hydrogen) atoms. The summed E-state index contributed by atoms with van der Waals surface area (Å²) in [6, 6.07) is 3.54. The molecule has 1 aromatic rings. The topological polar surface area (TPSA) is 61.4 Å². The SMILES string of the molecule is CCOC(=O)C(F)(F)C(N[S+]([O-])C(C)(C)C)(c1ccccc1F)C(F)F. The quantitative estimate of drug-likeness (QED) is 0.431. The molecule has 0 saturated carbocycles. The predicted octanol–water partition coefficient (Wildman–Crippen LogP) is 3.54. The van der Waals surface area contributed by atoms with E-state index in [1.165, 1.54) is 27.7 Å². The maximum atomic E-state index is 14.9. The van der Waals surface area contributed by atoms with E-state index >= 15 is 0 Å². The molecule has 0 fully saturated rings. The van der Waals surface area contributed by atoms with Gasteiger partial charge in [0.25, 0.3) is 6.43 Å². The first-order valence-corrected chi connectivity index (χ1v) is 8.75. The smallest absolute Gasteiger partial charge is 0.379 e. The number of benzene rings is 1. The highest BCUT2D eigenvalue weighted by atomic mass is 32.2. The molecule has 1 N–H and O–H groups in total. The third kappa shape index (κ3) is 4.12. The van der Waals surface area contributed by atoms with Gasteiger partial charge in [-0.2, -0.15) is 8.78 Å². The molecule has 0 aliphatic rings. The molecule has 1 aromatic carbocycles. The summed E-state index contributed by atoms with van der Waals surface area (Å²) in [7, 11) is 0. The van der Waals surface area contributed by atoms with Crippen molar-refractivity contribution < 1.29 is 36.0 Å². The van der Waals surface area contributed by atoms with Gasteiger partial charge in [0.15, 0.2) is 0 Å². The zero-order valence-electron chi connectivity index (χ0n) is 14.6. The van der Waals surface area contributed by atoms with Crippen LogP contribution in [0.4, 0.5) is 22.0 Å². The second-order valence-electron chi connectivity index (χ2n) is 6.37. The number of rotatable bonds is 7. The summed E-state index contributed by atoms with van der Waals surface area (Å²) in [5, 5.41) is 0. The first-order chi connectivity index (χ1) is 11.8. The molecule has 10 heteroatoms. The highest BCUT2D eigenvalue weighted by molar-refractivity contribution is 7.90. The number of alkyl halides is 4. The van der Waals surface area contributed by atoms with Crippen molar-refractivity contribution in [3.05, 3.63) is 35.6 Å². The van der Waals surface area contributed by atoms with Crippen molar-refractivity contribution in [1.29, 1.82) is 0 Å². The average Bonchev–Trinajstić information content (AvgIpc) is 2.51. The normalized spacial score (nSPS) is 16.3. The lowest BCUT2D eigenvalue weighted by molar-refractivity contribution is -0.199. The third-order valence-corrected chi connectivity index (χ3v) is 5.08. The van der Waals surface area contributed by atoms with Crippen LogP contribution in [0.15, 0.2) is 24.3 Å². The largest absolute Gasteiger partial charge is 0.598 e. The van der Waals surface area contributed by atoms with E-state index in [2.05, 4.69) is 4.74 Å². The van der Waals surface area contributed by atoms with E-state index in [4.69, 9.17) is 0 Å². The molecule has 2 unspecified atom stereocenters. The Labute approximate surface area is 151 Å². The summed E-state index contributed by atoms with van der Waals surface area (Å²) in [4.78, 5) is 11.8. The van der Waals surface area contributed by atoms with Gasteiger partial charge in [0.1, 0.15) is 10.6 Å². The van der Waals surface area contributed by atoms with Crippen LogP contribution in [-0.4, -0.2) is 34.2 Å². The zero-order valence-corrected chi connectivity index (χ0v) is 15.4. The van der Waals surface area contributed by atoms with Gasteiger partial charge in [-0.25, -0.2) is 18.0 Å². The molecule has 0 radical (unpaired) electrons. The Balaban J connectivity index is 3.72. The maximum Gasteiger partial charge on any atom is 0.379 e. The van der Waals surface area contributed by atoms with Crippen molar-refractivity contribution >= 4 is 17.3 Å². The van der Waals surface area contributed by atoms with E-state index in [0.29, 0.717) is 12.1 Å². The van der Waals surface area contributed by atoms with Gasteiger partial charge < -0.3 is 9.29 Å². The van der Waals surface area contributed by atoms with Crippen LogP contribution >= 0.6 is 0 Å². The van der Waals surface area contributed by atoms with Crippen LogP contribution in [0.2, 0.25) is 0 Å². The van der Waals surface area contributed by atoms with E-state index in [1.807, 2.05) is 0 Å². The molecule has 0 bridgehead atoms. The third-order valence-electron chi connectivity index (χ3n) is 3.46. The van der Waals surface area contributed by atoms with Crippen LogP contribution in [0, 0.1) is 5.82 Å². The van der Waals surface area contributed by atoms with E-state index in [9.17, 15) is 31.3 Å². The predicted molar refractivity (Wildman–Crippen MR) is 86.7 cm³/mol. The minimum Gasteiger partial charge on any atom is -0.598 e. The lowest BCUT2D eigenvalue weighted by atomic mass is 9.84.